The summed E-state index contributed by atoms with van der Waals surface area (Å²) in [4.78, 5) is 0. The summed E-state index contributed by atoms with van der Waals surface area (Å²) in [5.41, 5.74) is 0.0807. The molecule has 0 aliphatic heterocycles. The third kappa shape index (κ3) is 3.36. The van der Waals surface area contributed by atoms with Crippen molar-refractivity contribution in [2.45, 2.75) is 31.6 Å². The van der Waals surface area contributed by atoms with Crippen LogP contribution in [0, 0.1) is 0 Å². The number of alkyl halides is 3. The van der Waals surface area contributed by atoms with E-state index in [2.05, 4.69) is 15.6 Å². The second-order valence-corrected chi connectivity index (χ2v) is 5.38. The SMILES string of the molecule is FC(F)(F)c1cc(-n2cc(CNC3CC3)nn2)ccc1Cl. The lowest BCUT2D eigenvalue weighted by Crippen LogP contribution is -2.15. The lowest BCUT2D eigenvalue weighted by Gasteiger charge is -2.10. The molecule has 1 fully saturated rings. The van der Waals surface area contributed by atoms with Crippen molar-refractivity contribution in [1.82, 2.24) is 20.3 Å². The normalized spacial score (nSPS) is 15.4. The highest BCUT2D eigenvalue weighted by Crippen LogP contribution is 2.35. The van der Waals surface area contributed by atoms with Crippen LogP contribution in [0.25, 0.3) is 5.69 Å². The summed E-state index contributed by atoms with van der Waals surface area (Å²) in [5, 5.41) is 10.7. The fourth-order valence-corrected chi connectivity index (χ4v) is 2.14. The van der Waals surface area contributed by atoms with Crippen LogP contribution in [0.1, 0.15) is 24.1 Å². The molecule has 2 aromatic rings. The average molecular weight is 317 g/mol. The highest BCUT2D eigenvalue weighted by Gasteiger charge is 2.33. The van der Waals surface area contributed by atoms with Gasteiger partial charge in [0, 0.05) is 12.6 Å². The third-order valence-electron chi connectivity index (χ3n) is 3.21. The molecule has 1 saturated carbocycles. The molecular weight excluding hydrogens is 305 g/mol. The van der Waals surface area contributed by atoms with Crippen molar-refractivity contribution >= 4 is 11.6 Å². The maximum absolute atomic E-state index is 12.8. The van der Waals surface area contributed by atoms with Gasteiger partial charge in [0.2, 0.25) is 0 Å². The number of nitrogens with zero attached hydrogens (tertiary/aromatic N) is 3. The lowest BCUT2D eigenvalue weighted by atomic mass is 10.2. The Morgan fingerprint density at radius 2 is 2.10 bits per heavy atom. The van der Waals surface area contributed by atoms with Crippen LogP contribution in [-0.4, -0.2) is 21.0 Å². The minimum absolute atomic E-state index is 0.275. The van der Waals surface area contributed by atoms with Gasteiger partial charge in [-0.2, -0.15) is 13.2 Å². The van der Waals surface area contributed by atoms with Crippen molar-refractivity contribution in [3.63, 3.8) is 0 Å². The van der Waals surface area contributed by atoms with Crippen LogP contribution >= 0.6 is 11.6 Å². The van der Waals surface area contributed by atoms with Crippen molar-refractivity contribution in [3.8, 4) is 5.69 Å². The second-order valence-electron chi connectivity index (χ2n) is 4.97. The lowest BCUT2D eigenvalue weighted by molar-refractivity contribution is -0.137. The Labute approximate surface area is 123 Å². The summed E-state index contributed by atoms with van der Waals surface area (Å²) in [6.45, 7) is 0.560. The summed E-state index contributed by atoms with van der Waals surface area (Å²) in [6, 6.07) is 4.19. The van der Waals surface area contributed by atoms with Crippen molar-refractivity contribution in [1.29, 1.82) is 0 Å². The van der Waals surface area contributed by atoms with Gasteiger partial charge in [-0.25, -0.2) is 4.68 Å². The van der Waals surface area contributed by atoms with Crippen LogP contribution in [0.2, 0.25) is 5.02 Å². The van der Waals surface area contributed by atoms with Crippen molar-refractivity contribution in [3.05, 3.63) is 40.7 Å². The molecule has 3 rings (SSSR count). The van der Waals surface area contributed by atoms with Gasteiger partial charge in [-0.15, -0.1) is 5.10 Å². The topological polar surface area (TPSA) is 42.7 Å². The minimum atomic E-state index is -4.50. The first-order valence-corrected chi connectivity index (χ1v) is 6.83. The molecule has 0 saturated heterocycles. The number of aromatic nitrogens is 3. The first kappa shape index (κ1) is 14.3. The Kier molecular flexibility index (Phi) is 3.62. The molecule has 112 valence electrons. The van der Waals surface area contributed by atoms with Crippen LogP contribution < -0.4 is 5.32 Å². The largest absolute Gasteiger partial charge is 0.417 e. The van der Waals surface area contributed by atoms with Gasteiger partial charge in [-0.1, -0.05) is 16.8 Å². The monoisotopic (exact) mass is 316 g/mol. The number of benzene rings is 1. The minimum Gasteiger partial charge on any atom is -0.308 e. The van der Waals surface area contributed by atoms with E-state index < -0.39 is 11.7 Å². The molecule has 21 heavy (non-hydrogen) atoms. The molecule has 0 unspecified atom stereocenters. The zero-order chi connectivity index (χ0) is 15.0. The zero-order valence-corrected chi connectivity index (χ0v) is 11.6. The van der Waals surface area contributed by atoms with Gasteiger partial charge < -0.3 is 5.32 Å². The van der Waals surface area contributed by atoms with Crippen molar-refractivity contribution in [2.24, 2.45) is 0 Å². The fourth-order valence-electron chi connectivity index (χ4n) is 1.91. The predicted octanol–water partition coefficient (Wildman–Crippen LogP) is 3.19. The van der Waals surface area contributed by atoms with E-state index in [0.29, 0.717) is 18.3 Å². The second kappa shape index (κ2) is 5.31. The molecule has 1 aliphatic rings. The molecule has 1 aromatic heterocycles. The van der Waals surface area contributed by atoms with Crippen LogP contribution in [0.4, 0.5) is 13.2 Å². The number of nitrogens with one attached hydrogen (secondary N) is 1. The molecule has 1 aliphatic carbocycles. The highest BCUT2D eigenvalue weighted by atomic mass is 35.5. The first-order valence-electron chi connectivity index (χ1n) is 6.45. The molecule has 1 N–H and O–H groups in total. The number of halogens is 4. The molecular formula is C13H12ClF3N4. The number of rotatable bonds is 4. The van der Waals surface area contributed by atoms with E-state index in [1.54, 1.807) is 6.20 Å². The molecule has 8 heteroatoms. The molecule has 0 bridgehead atoms. The van der Waals surface area contributed by atoms with E-state index in [1.807, 2.05) is 0 Å². The van der Waals surface area contributed by atoms with E-state index in [0.717, 1.165) is 18.9 Å². The van der Waals surface area contributed by atoms with Gasteiger partial charge in [0.05, 0.1) is 28.2 Å². The molecule has 1 aromatic carbocycles. The summed E-state index contributed by atoms with van der Waals surface area (Å²) < 4.78 is 39.8. The summed E-state index contributed by atoms with van der Waals surface area (Å²) in [5.74, 6) is 0. The zero-order valence-electron chi connectivity index (χ0n) is 10.9. The smallest absolute Gasteiger partial charge is 0.308 e. The predicted molar refractivity (Wildman–Crippen MR) is 71.2 cm³/mol. The number of hydrogen-bond acceptors (Lipinski definition) is 3. The molecule has 0 spiro atoms. The molecule has 0 atom stereocenters. The first-order chi connectivity index (χ1) is 9.93. The Morgan fingerprint density at radius 1 is 1.33 bits per heavy atom. The highest BCUT2D eigenvalue weighted by molar-refractivity contribution is 6.31. The standard InChI is InChI=1S/C13H12ClF3N4/c14-12-4-3-10(5-11(12)13(15,16)17)21-7-9(19-20-21)6-18-8-1-2-8/h3-5,7-8,18H,1-2,6H2. The van der Waals surface area contributed by atoms with Crippen molar-refractivity contribution in [2.75, 3.05) is 0 Å². The summed E-state index contributed by atoms with van der Waals surface area (Å²) >= 11 is 5.59. The molecule has 4 nitrogen and oxygen atoms in total. The maximum atomic E-state index is 12.8. The third-order valence-corrected chi connectivity index (χ3v) is 3.54. The van der Waals surface area contributed by atoms with E-state index in [-0.39, 0.29) is 10.7 Å². The average Bonchev–Trinajstić information content (AvgIpc) is 3.13. The number of hydrogen-bond donors (Lipinski definition) is 1. The Balaban J connectivity index is 1.82. The van der Waals surface area contributed by atoms with Gasteiger partial charge >= 0.3 is 6.18 Å². The van der Waals surface area contributed by atoms with Gasteiger partial charge in [0.1, 0.15) is 0 Å². The van der Waals surface area contributed by atoms with E-state index in [4.69, 9.17) is 11.6 Å². The van der Waals surface area contributed by atoms with E-state index in [9.17, 15) is 13.2 Å². The van der Waals surface area contributed by atoms with Crippen LogP contribution in [0.3, 0.4) is 0 Å². The molecule has 0 amide bonds. The van der Waals surface area contributed by atoms with E-state index >= 15 is 0 Å². The summed E-state index contributed by atoms with van der Waals surface area (Å²) in [7, 11) is 0. The van der Waals surface area contributed by atoms with Crippen LogP contribution in [0.5, 0.6) is 0 Å². The Morgan fingerprint density at radius 3 is 2.76 bits per heavy atom. The van der Waals surface area contributed by atoms with Gasteiger partial charge in [-0.05, 0) is 31.0 Å². The molecule has 0 radical (unpaired) electrons. The van der Waals surface area contributed by atoms with Crippen LogP contribution in [0.15, 0.2) is 24.4 Å². The Bertz CT molecular complexity index is 649. The van der Waals surface area contributed by atoms with Gasteiger partial charge in [0.15, 0.2) is 0 Å². The van der Waals surface area contributed by atoms with Crippen molar-refractivity contribution < 1.29 is 13.2 Å². The maximum Gasteiger partial charge on any atom is 0.417 e. The van der Waals surface area contributed by atoms with Crippen LogP contribution in [-0.2, 0) is 12.7 Å². The Hall–Kier alpha value is -1.60. The quantitative estimate of drug-likeness (QED) is 0.942. The van der Waals surface area contributed by atoms with Gasteiger partial charge in [0.25, 0.3) is 0 Å². The molecule has 1 heterocycles. The van der Waals surface area contributed by atoms with E-state index in [1.165, 1.54) is 16.8 Å². The summed E-state index contributed by atoms with van der Waals surface area (Å²) in [6.07, 6.45) is -0.580. The van der Waals surface area contributed by atoms with Gasteiger partial charge in [-0.3, -0.25) is 0 Å². The fraction of sp³-hybridized carbons (Fsp3) is 0.385.